The van der Waals surface area contributed by atoms with E-state index in [1.165, 1.54) is 19.3 Å². The Morgan fingerprint density at radius 1 is 1.11 bits per heavy atom. The number of fused-ring (bicyclic) bond motifs is 1. The zero-order valence-electron chi connectivity index (χ0n) is 22.6. The molecule has 0 radical (unpaired) electrons. The molecule has 10 heteroatoms. The molecule has 0 atom stereocenters. The van der Waals surface area contributed by atoms with Gasteiger partial charge in [-0.2, -0.15) is 19.6 Å². The zero-order valence-corrected chi connectivity index (χ0v) is 22.6. The van der Waals surface area contributed by atoms with Gasteiger partial charge in [-0.15, -0.1) is 0 Å². The van der Waals surface area contributed by atoms with Crippen LogP contribution in [0.2, 0.25) is 0 Å². The largest absolute Gasteiger partial charge is 0.462 e. The SMILES string of the molecule is CC(C)c1cnn2c(NCc3ccccc3NC(=O)OC(C)(C)C)nc(OCCN3CCCCC3)nc12. The van der Waals surface area contributed by atoms with Crippen molar-refractivity contribution >= 4 is 23.4 Å². The van der Waals surface area contributed by atoms with Crippen LogP contribution in [0.15, 0.2) is 30.5 Å². The number of aromatic nitrogens is 4. The second-order valence-corrected chi connectivity index (χ2v) is 10.7. The number of benzene rings is 1. The Morgan fingerprint density at radius 3 is 2.59 bits per heavy atom. The average Bonchev–Trinajstić information content (AvgIpc) is 3.27. The van der Waals surface area contributed by atoms with Crippen molar-refractivity contribution < 1.29 is 14.3 Å². The van der Waals surface area contributed by atoms with E-state index in [1.54, 1.807) is 4.52 Å². The third-order valence-corrected chi connectivity index (χ3v) is 6.17. The molecule has 2 aromatic heterocycles. The number of amides is 1. The monoisotopic (exact) mass is 509 g/mol. The van der Waals surface area contributed by atoms with Gasteiger partial charge in [0.05, 0.1) is 6.20 Å². The predicted molar refractivity (Wildman–Crippen MR) is 144 cm³/mol. The molecule has 200 valence electrons. The normalized spacial score (nSPS) is 14.6. The van der Waals surface area contributed by atoms with E-state index in [2.05, 4.69) is 44.4 Å². The van der Waals surface area contributed by atoms with Crippen LogP contribution in [0.4, 0.5) is 16.4 Å². The highest BCUT2D eigenvalue weighted by atomic mass is 16.6. The molecule has 10 nitrogen and oxygen atoms in total. The average molecular weight is 510 g/mol. The minimum absolute atomic E-state index is 0.250. The van der Waals surface area contributed by atoms with Crippen LogP contribution in [0.3, 0.4) is 0 Å². The standard InChI is InChI=1S/C27H39N7O3/c1-19(2)21-18-29-34-23(21)31-25(36-16-15-33-13-9-6-10-14-33)32-24(34)28-17-20-11-7-8-12-22(20)30-26(35)37-27(3,4)5/h7-8,11-12,18-19H,6,9-10,13-17H2,1-5H3,(H,30,35)(H,28,31,32). The number of para-hydroxylation sites is 1. The smallest absolute Gasteiger partial charge is 0.412 e. The van der Waals surface area contributed by atoms with Crippen LogP contribution in [0, 0.1) is 0 Å². The second-order valence-electron chi connectivity index (χ2n) is 10.7. The topological polar surface area (TPSA) is 106 Å². The Hall–Kier alpha value is -3.40. The highest BCUT2D eigenvalue weighted by Crippen LogP contribution is 2.24. The summed E-state index contributed by atoms with van der Waals surface area (Å²) in [7, 11) is 0. The van der Waals surface area contributed by atoms with Gasteiger partial charge >= 0.3 is 12.1 Å². The quantitative estimate of drug-likeness (QED) is 0.412. The van der Waals surface area contributed by atoms with Crippen molar-refractivity contribution in [1.29, 1.82) is 0 Å². The number of piperidine rings is 1. The number of carbonyl (C=O) groups is 1. The van der Waals surface area contributed by atoms with Gasteiger partial charge < -0.3 is 14.8 Å². The molecule has 1 aromatic carbocycles. The lowest BCUT2D eigenvalue weighted by Crippen LogP contribution is -2.33. The molecule has 1 fully saturated rings. The molecule has 1 amide bonds. The Labute approximate surface area is 218 Å². The van der Waals surface area contributed by atoms with Crippen LogP contribution in [0.25, 0.3) is 5.65 Å². The molecule has 3 heterocycles. The minimum atomic E-state index is -0.581. The number of nitrogens with one attached hydrogen (secondary N) is 2. The van der Waals surface area contributed by atoms with Crippen LogP contribution >= 0.6 is 0 Å². The molecule has 0 unspecified atom stereocenters. The summed E-state index contributed by atoms with van der Waals surface area (Å²) < 4.78 is 13.1. The lowest BCUT2D eigenvalue weighted by atomic mass is 10.1. The number of ether oxygens (including phenoxy) is 2. The van der Waals surface area contributed by atoms with Crippen LogP contribution in [0.1, 0.15) is 70.9 Å². The molecule has 4 rings (SSSR count). The lowest BCUT2D eigenvalue weighted by Gasteiger charge is -2.25. The molecule has 1 aliphatic rings. The number of carbonyl (C=O) groups excluding carboxylic acids is 1. The summed E-state index contributed by atoms with van der Waals surface area (Å²) in [5.74, 6) is 0.775. The number of nitrogens with zero attached hydrogens (tertiary/aromatic N) is 5. The number of rotatable bonds is 9. The highest BCUT2D eigenvalue weighted by Gasteiger charge is 2.19. The van der Waals surface area contributed by atoms with Crippen molar-refractivity contribution in [3.05, 3.63) is 41.6 Å². The summed E-state index contributed by atoms with van der Waals surface area (Å²) in [6.45, 7) is 13.8. The number of hydrogen-bond acceptors (Lipinski definition) is 8. The molecule has 0 saturated carbocycles. The number of hydrogen-bond donors (Lipinski definition) is 2. The van der Waals surface area contributed by atoms with Crippen molar-refractivity contribution in [2.75, 3.05) is 36.9 Å². The fraction of sp³-hybridized carbons (Fsp3) is 0.556. The maximum atomic E-state index is 12.3. The van der Waals surface area contributed by atoms with Gasteiger partial charge in [0.1, 0.15) is 12.2 Å². The third kappa shape index (κ3) is 7.31. The molecule has 37 heavy (non-hydrogen) atoms. The number of likely N-dealkylation sites (tertiary alicyclic amines) is 1. The predicted octanol–water partition coefficient (Wildman–Crippen LogP) is 5.07. The van der Waals surface area contributed by atoms with E-state index < -0.39 is 11.7 Å². The fourth-order valence-electron chi connectivity index (χ4n) is 4.29. The first-order chi connectivity index (χ1) is 17.7. The second kappa shape index (κ2) is 11.8. The Bertz CT molecular complexity index is 1200. The van der Waals surface area contributed by atoms with Crippen LogP contribution in [-0.2, 0) is 11.3 Å². The van der Waals surface area contributed by atoms with E-state index in [9.17, 15) is 4.79 Å². The van der Waals surface area contributed by atoms with Crippen molar-refractivity contribution in [1.82, 2.24) is 24.5 Å². The van der Waals surface area contributed by atoms with Gasteiger partial charge in [-0.3, -0.25) is 10.2 Å². The minimum Gasteiger partial charge on any atom is -0.462 e. The van der Waals surface area contributed by atoms with E-state index in [0.717, 1.165) is 36.4 Å². The Balaban J connectivity index is 1.51. The van der Waals surface area contributed by atoms with E-state index in [4.69, 9.17) is 9.47 Å². The summed E-state index contributed by atoms with van der Waals surface area (Å²) >= 11 is 0. The highest BCUT2D eigenvalue weighted by molar-refractivity contribution is 5.86. The lowest BCUT2D eigenvalue weighted by molar-refractivity contribution is 0.0635. The fourth-order valence-corrected chi connectivity index (χ4v) is 4.29. The maximum absolute atomic E-state index is 12.3. The maximum Gasteiger partial charge on any atom is 0.412 e. The van der Waals surface area contributed by atoms with Crippen molar-refractivity contribution in [3.63, 3.8) is 0 Å². The molecule has 1 saturated heterocycles. The molecule has 2 N–H and O–H groups in total. The van der Waals surface area contributed by atoms with Crippen molar-refractivity contribution in [3.8, 4) is 6.01 Å². The van der Waals surface area contributed by atoms with E-state index >= 15 is 0 Å². The molecular formula is C27H39N7O3. The van der Waals surface area contributed by atoms with Crippen molar-refractivity contribution in [2.24, 2.45) is 0 Å². The zero-order chi connectivity index (χ0) is 26.4. The van der Waals surface area contributed by atoms with Gasteiger partial charge in [-0.05, 0) is 64.3 Å². The summed E-state index contributed by atoms with van der Waals surface area (Å²) in [4.78, 5) is 24.1. The van der Waals surface area contributed by atoms with Gasteiger partial charge in [0.25, 0.3) is 0 Å². The first-order valence-electron chi connectivity index (χ1n) is 13.1. The van der Waals surface area contributed by atoms with Gasteiger partial charge in [-0.25, -0.2) is 4.79 Å². The molecule has 0 bridgehead atoms. The van der Waals surface area contributed by atoms with E-state index in [0.29, 0.717) is 30.8 Å². The summed E-state index contributed by atoms with van der Waals surface area (Å²) in [5.41, 5.74) is 2.71. The molecular weight excluding hydrogens is 470 g/mol. The first kappa shape index (κ1) is 26.7. The number of anilines is 2. The molecule has 0 aliphatic carbocycles. The molecule has 1 aliphatic heterocycles. The van der Waals surface area contributed by atoms with Gasteiger partial charge in [-0.1, -0.05) is 38.5 Å². The summed E-state index contributed by atoms with van der Waals surface area (Å²) in [6.07, 6.45) is 5.13. The van der Waals surface area contributed by atoms with Crippen LogP contribution in [0.5, 0.6) is 6.01 Å². The Morgan fingerprint density at radius 2 is 1.86 bits per heavy atom. The molecule has 0 spiro atoms. The van der Waals surface area contributed by atoms with Crippen LogP contribution < -0.4 is 15.4 Å². The third-order valence-electron chi connectivity index (χ3n) is 6.17. The van der Waals surface area contributed by atoms with E-state index in [-0.39, 0.29) is 5.92 Å². The van der Waals surface area contributed by atoms with Gasteiger partial charge in [0.15, 0.2) is 5.65 Å². The van der Waals surface area contributed by atoms with E-state index in [1.807, 2.05) is 51.2 Å². The van der Waals surface area contributed by atoms with Crippen molar-refractivity contribution in [2.45, 2.75) is 71.9 Å². The Kier molecular flexibility index (Phi) is 8.48. The summed E-state index contributed by atoms with van der Waals surface area (Å²) in [6, 6.07) is 7.91. The van der Waals surface area contributed by atoms with Gasteiger partial charge in [0.2, 0.25) is 5.95 Å². The summed E-state index contributed by atoms with van der Waals surface area (Å²) in [5, 5.41) is 10.7. The van der Waals surface area contributed by atoms with Crippen LogP contribution in [-0.4, -0.2) is 62.4 Å². The first-order valence-corrected chi connectivity index (χ1v) is 13.1. The molecule has 3 aromatic rings. The van der Waals surface area contributed by atoms with Gasteiger partial charge in [0, 0.05) is 24.3 Å².